The van der Waals surface area contributed by atoms with Crippen LogP contribution in [0.15, 0.2) is 34.4 Å². The maximum Gasteiger partial charge on any atom is 0.232 e. The number of carbonyl (C=O) groups is 1. The Kier molecular flexibility index (Phi) is 89.3. The molecule has 0 spiro atoms. The molecule has 0 unspecified atom stereocenters. The topological polar surface area (TPSA) is 88.0 Å². The number of allylic oxidation sites excluding steroid dienone is 1. The molecule has 5 nitrogen and oxygen atoms in total. The number of aliphatic imine (C=N–C) groups is 2. The van der Waals surface area contributed by atoms with E-state index in [-0.39, 0.29) is 0 Å². The predicted molar refractivity (Wildman–Crippen MR) is 106 cm³/mol. The smallest absolute Gasteiger partial charge is 0.232 e. The van der Waals surface area contributed by atoms with Gasteiger partial charge in [0.05, 0.1) is 0 Å². The molecule has 0 aliphatic carbocycles. The van der Waals surface area contributed by atoms with Crippen LogP contribution < -0.4 is 5.73 Å². The summed E-state index contributed by atoms with van der Waals surface area (Å²) in [7, 11) is 0. The van der Waals surface area contributed by atoms with Crippen molar-refractivity contribution in [3.63, 3.8) is 0 Å². The fourth-order valence-corrected chi connectivity index (χ4v) is 0.301. The van der Waals surface area contributed by atoms with Gasteiger partial charge in [-0.1, -0.05) is 40.9 Å². The third kappa shape index (κ3) is 86.1. The van der Waals surface area contributed by atoms with Crippen LogP contribution in [0.5, 0.6) is 0 Å². The molecular formula is C14H33N3O2S2. The summed E-state index contributed by atoms with van der Waals surface area (Å²) >= 11 is 6.06. The number of hydrogen-bond donors (Lipinski definition) is 4. The highest BCUT2D eigenvalue weighted by molar-refractivity contribution is 7.79. The van der Waals surface area contributed by atoms with Gasteiger partial charge in [-0.25, -0.2) is 9.98 Å². The van der Waals surface area contributed by atoms with Gasteiger partial charge in [-0.3, -0.25) is 4.79 Å². The molecular weight excluding hydrogens is 306 g/mol. The van der Waals surface area contributed by atoms with Crippen LogP contribution in [0.2, 0.25) is 0 Å². The second-order valence-corrected chi connectivity index (χ2v) is 2.30. The SMILES string of the molecule is C=C(C)N=C(N)C(=C)C.C=NC=O.CC.CC.CS.OS. The van der Waals surface area contributed by atoms with Crippen molar-refractivity contribution in [2.45, 2.75) is 41.5 Å². The van der Waals surface area contributed by atoms with E-state index in [1.165, 1.54) is 0 Å². The van der Waals surface area contributed by atoms with Crippen molar-refractivity contribution in [2.75, 3.05) is 6.26 Å². The lowest BCUT2D eigenvalue weighted by Gasteiger charge is -1.95. The Balaban J connectivity index is -0.0000000395. The largest absolute Gasteiger partial charge is 0.383 e. The van der Waals surface area contributed by atoms with Crippen molar-refractivity contribution in [2.24, 2.45) is 15.7 Å². The fraction of sp³-hybridized carbons (Fsp3) is 0.500. The molecule has 0 saturated heterocycles. The first kappa shape index (κ1) is 36.8. The van der Waals surface area contributed by atoms with Gasteiger partial charge in [0.15, 0.2) is 0 Å². The van der Waals surface area contributed by atoms with Crippen molar-refractivity contribution in [1.29, 1.82) is 0 Å². The second-order valence-electron chi connectivity index (χ2n) is 2.30. The molecule has 128 valence electrons. The number of thiol groups is 2. The van der Waals surface area contributed by atoms with Crippen molar-refractivity contribution < 1.29 is 9.35 Å². The summed E-state index contributed by atoms with van der Waals surface area (Å²) in [6.07, 6.45) is 2.08. The van der Waals surface area contributed by atoms with Crippen molar-refractivity contribution in [1.82, 2.24) is 0 Å². The number of rotatable bonds is 3. The minimum atomic E-state index is 0.389. The molecule has 0 aliphatic rings. The van der Waals surface area contributed by atoms with Crippen LogP contribution >= 0.6 is 25.5 Å². The molecule has 0 aromatic carbocycles. The van der Waals surface area contributed by atoms with E-state index in [0.29, 0.717) is 17.9 Å². The Labute approximate surface area is 142 Å². The Morgan fingerprint density at radius 1 is 1.10 bits per heavy atom. The molecule has 0 radical (unpaired) electrons. The number of amidine groups is 1. The highest BCUT2D eigenvalue weighted by Crippen LogP contribution is 1.93. The summed E-state index contributed by atoms with van der Waals surface area (Å²) in [6.45, 7) is 21.6. The average molecular weight is 340 g/mol. The Morgan fingerprint density at radius 2 is 1.33 bits per heavy atom. The van der Waals surface area contributed by atoms with Crippen LogP contribution in [-0.2, 0) is 4.79 Å². The summed E-state index contributed by atoms with van der Waals surface area (Å²) in [5.74, 6) is 0.461. The lowest BCUT2D eigenvalue weighted by Crippen LogP contribution is -2.11. The van der Waals surface area contributed by atoms with Gasteiger partial charge in [0.2, 0.25) is 6.41 Å². The normalized spacial score (nSPS) is 6.86. The van der Waals surface area contributed by atoms with Crippen LogP contribution in [0.4, 0.5) is 0 Å². The number of amides is 1. The molecule has 7 heteroatoms. The molecule has 21 heavy (non-hydrogen) atoms. The minimum absolute atomic E-state index is 0.389. The Bertz CT molecular complexity index is 251. The van der Waals surface area contributed by atoms with Crippen LogP contribution in [0.1, 0.15) is 41.5 Å². The van der Waals surface area contributed by atoms with Crippen LogP contribution in [-0.4, -0.2) is 29.8 Å². The van der Waals surface area contributed by atoms with E-state index in [2.05, 4.69) is 55.4 Å². The van der Waals surface area contributed by atoms with Gasteiger partial charge in [0.1, 0.15) is 5.84 Å². The summed E-state index contributed by atoms with van der Waals surface area (Å²) in [6, 6.07) is 0. The first-order chi connectivity index (χ1) is 9.95. The molecule has 0 aromatic heterocycles. The molecule has 1 amide bonds. The minimum Gasteiger partial charge on any atom is -0.383 e. The summed E-state index contributed by atoms with van der Waals surface area (Å²) in [4.78, 5) is 15.6. The van der Waals surface area contributed by atoms with E-state index in [0.717, 1.165) is 5.57 Å². The van der Waals surface area contributed by atoms with Crippen molar-refractivity contribution in [3.8, 4) is 0 Å². The molecule has 0 aliphatic heterocycles. The monoisotopic (exact) mass is 339 g/mol. The van der Waals surface area contributed by atoms with E-state index in [1.807, 2.05) is 34.6 Å². The highest BCUT2D eigenvalue weighted by Gasteiger charge is 1.89. The summed E-state index contributed by atoms with van der Waals surface area (Å²) in [5, 5.41) is 0. The Hall–Kier alpha value is -1.05. The van der Waals surface area contributed by atoms with Gasteiger partial charge in [-0.05, 0) is 45.3 Å². The average Bonchev–Trinajstić information content (AvgIpc) is 2.54. The van der Waals surface area contributed by atoms with Gasteiger partial charge in [-0.2, -0.15) is 12.6 Å². The van der Waals surface area contributed by atoms with E-state index in [9.17, 15) is 0 Å². The maximum absolute atomic E-state index is 8.94. The third-order valence-corrected chi connectivity index (χ3v) is 0.823. The van der Waals surface area contributed by atoms with Gasteiger partial charge < -0.3 is 10.3 Å². The molecule has 3 N–H and O–H groups in total. The molecule has 0 saturated carbocycles. The molecule has 0 aromatic rings. The third-order valence-electron chi connectivity index (χ3n) is 0.823. The predicted octanol–water partition coefficient (Wildman–Crippen LogP) is 4.28. The fourth-order valence-electron chi connectivity index (χ4n) is 0.301. The molecule has 0 fully saturated rings. The zero-order valence-corrected chi connectivity index (χ0v) is 16.2. The van der Waals surface area contributed by atoms with Gasteiger partial charge >= 0.3 is 0 Å². The van der Waals surface area contributed by atoms with E-state index < -0.39 is 0 Å². The lowest BCUT2D eigenvalue weighted by atomic mass is 10.3. The maximum atomic E-state index is 8.94. The number of hydrogen-bond acceptors (Lipinski definition) is 5. The van der Waals surface area contributed by atoms with E-state index in [1.54, 1.807) is 13.2 Å². The number of nitrogens with zero attached hydrogens (tertiary/aromatic N) is 2. The molecule has 0 heterocycles. The first-order valence-electron chi connectivity index (χ1n) is 6.15. The zero-order chi connectivity index (χ0) is 18.9. The summed E-state index contributed by atoms with van der Waals surface area (Å²) in [5.41, 5.74) is 6.89. The standard InChI is InChI=1S/C7H12N2.C2H3NO.2C2H6.CH4S.H2OS/c1-5(2)7(8)9-6(3)4;1-3-2-4;4*1-2/h1,3H2,2,4H3,(H2,8,9);2H,1H2;2*1-2H3;2H,1H3;1-2H. The van der Waals surface area contributed by atoms with Crippen LogP contribution in [0.25, 0.3) is 0 Å². The highest BCUT2D eigenvalue weighted by atomic mass is 32.1. The molecule has 0 rings (SSSR count). The Morgan fingerprint density at radius 3 is 1.38 bits per heavy atom. The van der Waals surface area contributed by atoms with E-state index in [4.69, 9.17) is 15.1 Å². The van der Waals surface area contributed by atoms with Crippen molar-refractivity contribution in [3.05, 3.63) is 24.4 Å². The van der Waals surface area contributed by atoms with Gasteiger partial charge in [0, 0.05) is 5.70 Å². The first-order valence-corrected chi connectivity index (χ1v) is 7.44. The number of carbonyl (C=O) groups excluding carboxylic acids is 1. The number of nitrogens with two attached hydrogens (primary N) is 1. The van der Waals surface area contributed by atoms with Crippen LogP contribution in [0.3, 0.4) is 0 Å². The van der Waals surface area contributed by atoms with Crippen LogP contribution in [0, 0.1) is 0 Å². The van der Waals surface area contributed by atoms with Gasteiger partial charge in [0.25, 0.3) is 0 Å². The lowest BCUT2D eigenvalue weighted by molar-refractivity contribution is -0.106. The van der Waals surface area contributed by atoms with Gasteiger partial charge in [-0.15, -0.1) is 0 Å². The zero-order valence-electron chi connectivity index (χ0n) is 14.4. The van der Waals surface area contributed by atoms with E-state index >= 15 is 0 Å². The summed E-state index contributed by atoms with van der Waals surface area (Å²) < 4.78 is 6.69. The van der Waals surface area contributed by atoms with Crippen molar-refractivity contribution >= 4 is 44.5 Å². The molecule has 0 bridgehead atoms. The second kappa shape index (κ2) is 50.9. The quantitative estimate of drug-likeness (QED) is 0.203. The molecule has 0 atom stereocenters.